The van der Waals surface area contributed by atoms with Gasteiger partial charge in [-0.15, -0.1) is 0 Å². The Kier molecular flexibility index (Phi) is 6.80. The molecule has 7 nitrogen and oxygen atoms in total. The highest BCUT2D eigenvalue weighted by Crippen LogP contribution is 2.30. The molecule has 1 aliphatic rings. The van der Waals surface area contributed by atoms with Crippen LogP contribution >= 0.6 is 0 Å². The average molecular weight is 443 g/mol. The molecule has 1 heterocycles. The number of carbonyl (C=O) groups is 2. The minimum Gasteiger partial charge on any atom is -0.463 e. The molecule has 31 heavy (non-hydrogen) atoms. The number of amides is 2. The van der Waals surface area contributed by atoms with Crippen LogP contribution in [0.1, 0.15) is 43.9 Å². The van der Waals surface area contributed by atoms with Gasteiger partial charge in [-0.05, 0) is 36.1 Å². The molecule has 2 amide bonds. The zero-order chi connectivity index (χ0) is 22.6. The summed E-state index contributed by atoms with van der Waals surface area (Å²) in [6.07, 6.45) is 0. The van der Waals surface area contributed by atoms with Crippen molar-refractivity contribution in [3.05, 3.63) is 77.0 Å². The standard InChI is InChI=1S/C23H26N2O5S/c1-4-30-22(26)20-19(14-31(28,29)18-8-6-5-7-9-18)24-23(27)25-21(20)17-12-10-16(11-13-17)15(2)3/h5-13,15,21H,4,14H2,1-3H3,(H2,24,25,27). The summed E-state index contributed by atoms with van der Waals surface area (Å²) in [5.74, 6) is -0.881. The van der Waals surface area contributed by atoms with Crippen molar-refractivity contribution in [2.45, 2.75) is 37.6 Å². The summed E-state index contributed by atoms with van der Waals surface area (Å²) in [5.41, 5.74) is 1.87. The molecule has 0 aromatic heterocycles. The summed E-state index contributed by atoms with van der Waals surface area (Å²) in [5, 5.41) is 5.23. The zero-order valence-electron chi connectivity index (χ0n) is 17.7. The fourth-order valence-corrected chi connectivity index (χ4v) is 4.75. The Morgan fingerprint density at radius 1 is 1.06 bits per heavy atom. The van der Waals surface area contributed by atoms with E-state index in [2.05, 4.69) is 24.5 Å². The lowest BCUT2D eigenvalue weighted by Crippen LogP contribution is -2.47. The summed E-state index contributed by atoms with van der Waals surface area (Å²) < 4.78 is 31.1. The second-order valence-electron chi connectivity index (χ2n) is 7.54. The van der Waals surface area contributed by atoms with Crippen molar-refractivity contribution in [3.63, 3.8) is 0 Å². The van der Waals surface area contributed by atoms with Crippen molar-refractivity contribution < 1.29 is 22.7 Å². The van der Waals surface area contributed by atoms with Crippen LogP contribution in [0.4, 0.5) is 4.79 Å². The first-order valence-electron chi connectivity index (χ1n) is 10.1. The first kappa shape index (κ1) is 22.6. The molecule has 0 fully saturated rings. The lowest BCUT2D eigenvalue weighted by molar-refractivity contribution is -0.139. The molecule has 1 atom stereocenters. The molecular formula is C23H26N2O5S. The van der Waals surface area contributed by atoms with Crippen LogP contribution < -0.4 is 10.6 Å². The topological polar surface area (TPSA) is 102 Å². The number of esters is 1. The fourth-order valence-electron chi connectivity index (χ4n) is 3.41. The lowest BCUT2D eigenvalue weighted by Gasteiger charge is -2.29. The van der Waals surface area contributed by atoms with Gasteiger partial charge in [-0.3, -0.25) is 0 Å². The summed E-state index contributed by atoms with van der Waals surface area (Å²) >= 11 is 0. The Morgan fingerprint density at radius 3 is 2.29 bits per heavy atom. The van der Waals surface area contributed by atoms with Crippen molar-refractivity contribution in [2.75, 3.05) is 12.4 Å². The first-order chi connectivity index (χ1) is 14.7. The molecule has 0 bridgehead atoms. The van der Waals surface area contributed by atoms with Gasteiger partial charge in [0.05, 0.1) is 28.9 Å². The van der Waals surface area contributed by atoms with Gasteiger partial charge in [-0.1, -0.05) is 56.3 Å². The monoisotopic (exact) mass is 442 g/mol. The van der Waals surface area contributed by atoms with Crippen LogP contribution in [-0.4, -0.2) is 32.8 Å². The van der Waals surface area contributed by atoms with Crippen molar-refractivity contribution in [1.82, 2.24) is 10.6 Å². The fraction of sp³-hybridized carbons (Fsp3) is 0.304. The molecule has 0 spiro atoms. The van der Waals surface area contributed by atoms with Gasteiger partial charge in [-0.25, -0.2) is 18.0 Å². The molecule has 2 aromatic rings. The van der Waals surface area contributed by atoms with Gasteiger partial charge in [0.1, 0.15) is 0 Å². The van der Waals surface area contributed by atoms with Gasteiger partial charge in [0.15, 0.2) is 9.84 Å². The van der Waals surface area contributed by atoms with Crippen LogP contribution in [-0.2, 0) is 19.4 Å². The summed E-state index contributed by atoms with van der Waals surface area (Å²) in [6.45, 7) is 5.92. The number of rotatable bonds is 7. The van der Waals surface area contributed by atoms with E-state index < -0.39 is 33.6 Å². The molecule has 164 valence electrons. The molecular weight excluding hydrogens is 416 g/mol. The lowest BCUT2D eigenvalue weighted by atomic mass is 9.93. The molecule has 8 heteroatoms. The molecule has 0 saturated carbocycles. The first-order valence-corrected chi connectivity index (χ1v) is 11.7. The predicted octanol–water partition coefficient (Wildman–Crippen LogP) is 3.46. The normalized spacial score (nSPS) is 16.6. The van der Waals surface area contributed by atoms with Crippen LogP contribution in [0.3, 0.4) is 0 Å². The largest absolute Gasteiger partial charge is 0.463 e. The van der Waals surface area contributed by atoms with E-state index in [1.54, 1.807) is 25.1 Å². The van der Waals surface area contributed by atoms with E-state index in [1.807, 2.05) is 24.3 Å². The summed E-state index contributed by atoms with van der Waals surface area (Å²) in [6, 6.07) is 14.0. The number of ether oxygens (including phenoxy) is 1. The van der Waals surface area contributed by atoms with E-state index in [0.717, 1.165) is 5.56 Å². The number of urea groups is 1. The molecule has 0 aliphatic carbocycles. The molecule has 1 aliphatic heterocycles. The second-order valence-corrected chi connectivity index (χ2v) is 9.53. The second kappa shape index (κ2) is 9.34. The van der Waals surface area contributed by atoms with Crippen LogP contribution in [0.2, 0.25) is 0 Å². The smallest absolute Gasteiger partial charge is 0.338 e. The summed E-state index contributed by atoms with van der Waals surface area (Å²) in [4.78, 5) is 25.3. The highest BCUT2D eigenvalue weighted by atomic mass is 32.2. The third kappa shape index (κ3) is 5.14. The highest BCUT2D eigenvalue weighted by Gasteiger charge is 2.35. The maximum Gasteiger partial charge on any atom is 0.338 e. The minimum atomic E-state index is -3.80. The van der Waals surface area contributed by atoms with Gasteiger partial charge >= 0.3 is 12.0 Å². The Morgan fingerprint density at radius 2 is 1.71 bits per heavy atom. The maximum absolute atomic E-state index is 12.9. The van der Waals surface area contributed by atoms with Crippen molar-refractivity contribution >= 4 is 21.8 Å². The third-order valence-corrected chi connectivity index (χ3v) is 6.68. The number of carbonyl (C=O) groups excluding carboxylic acids is 2. The predicted molar refractivity (Wildman–Crippen MR) is 117 cm³/mol. The van der Waals surface area contributed by atoms with Gasteiger partial charge in [0.25, 0.3) is 0 Å². The molecule has 1 unspecified atom stereocenters. The molecule has 2 aromatic carbocycles. The Hall–Kier alpha value is -3.13. The van der Waals surface area contributed by atoms with Crippen LogP contribution in [0.5, 0.6) is 0 Å². The van der Waals surface area contributed by atoms with Gasteiger partial charge in [0.2, 0.25) is 0 Å². The number of hydrogen-bond acceptors (Lipinski definition) is 5. The van der Waals surface area contributed by atoms with E-state index in [-0.39, 0.29) is 22.8 Å². The quantitative estimate of drug-likeness (QED) is 0.640. The molecule has 0 saturated heterocycles. The van der Waals surface area contributed by atoms with Crippen LogP contribution in [0, 0.1) is 0 Å². The third-order valence-electron chi connectivity index (χ3n) is 5.02. The van der Waals surface area contributed by atoms with E-state index in [4.69, 9.17) is 4.74 Å². The Bertz CT molecular complexity index is 1090. The van der Waals surface area contributed by atoms with Crippen LogP contribution in [0.15, 0.2) is 70.8 Å². The number of nitrogens with one attached hydrogen (secondary N) is 2. The van der Waals surface area contributed by atoms with Gasteiger partial charge in [-0.2, -0.15) is 0 Å². The highest BCUT2D eigenvalue weighted by molar-refractivity contribution is 7.91. The molecule has 3 rings (SSSR count). The van der Waals surface area contributed by atoms with Crippen LogP contribution in [0.25, 0.3) is 0 Å². The zero-order valence-corrected chi connectivity index (χ0v) is 18.5. The van der Waals surface area contributed by atoms with E-state index >= 15 is 0 Å². The Balaban J connectivity index is 2.08. The SMILES string of the molecule is CCOC(=O)C1=C(CS(=O)(=O)c2ccccc2)NC(=O)NC1c1ccc(C(C)C)cc1. The maximum atomic E-state index is 12.9. The average Bonchev–Trinajstić information content (AvgIpc) is 2.74. The number of benzene rings is 2. The van der Waals surface area contributed by atoms with E-state index in [0.29, 0.717) is 11.5 Å². The minimum absolute atomic E-state index is 0.0176. The van der Waals surface area contributed by atoms with Crippen molar-refractivity contribution in [2.24, 2.45) is 0 Å². The van der Waals surface area contributed by atoms with Gasteiger partial charge in [0, 0.05) is 5.70 Å². The molecule has 0 radical (unpaired) electrons. The Labute approximate surface area is 182 Å². The summed E-state index contributed by atoms with van der Waals surface area (Å²) in [7, 11) is -3.80. The number of sulfone groups is 1. The van der Waals surface area contributed by atoms with Crippen molar-refractivity contribution in [3.8, 4) is 0 Å². The van der Waals surface area contributed by atoms with E-state index in [1.165, 1.54) is 12.1 Å². The number of hydrogen-bond donors (Lipinski definition) is 2. The van der Waals surface area contributed by atoms with Gasteiger partial charge < -0.3 is 15.4 Å². The molecule has 2 N–H and O–H groups in total. The van der Waals surface area contributed by atoms with E-state index in [9.17, 15) is 18.0 Å². The van der Waals surface area contributed by atoms with Crippen molar-refractivity contribution in [1.29, 1.82) is 0 Å².